The predicted octanol–water partition coefficient (Wildman–Crippen LogP) is 8.22. The first-order chi connectivity index (χ1) is 15.3. The summed E-state index contributed by atoms with van der Waals surface area (Å²) in [5.74, 6) is 4.02. The average Bonchev–Trinajstić information content (AvgIpc) is 3.09. The first-order valence-corrected chi connectivity index (χ1v) is 17.3. The van der Waals surface area contributed by atoms with Gasteiger partial charge in [-0.05, 0) is 116 Å². The zero-order chi connectivity index (χ0) is 24.3. The van der Waals surface area contributed by atoms with Crippen LogP contribution in [-0.4, -0.2) is 25.6 Å². The first-order valence-electron chi connectivity index (χ1n) is 14.4. The van der Waals surface area contributed by atoms with Crippen molar-refractivity contribution in [1.29, 1.82) is 0 Å². The number of aliphatic hydroxyl groups is 1. The first kappa shape index (κ1) is 26.0. The fourth-order valence-electron chi connectivity index (χ4n) is 9.04. The predicted molar refractivity (Wildman–Crippen MR) is 143 cm³/mol. The molecule has 0 radical (unpaired) electrons. The van der Waals surface area contributed by atoms with E-state index < -0.39 is 8.32 Å². The van der Waals surface area contributed by atoms with E-state index in [1.807, 2.05) is 0 Å². The van der Waals surface area contributed by atoms with Crippen molar-refractivity contribution in [2.24, 2.45) is 46.3 Å². The molecule has 9 atom stereocenters. The fourth-order valence-corrected chi connectivity index (χ4v) is 10.4. The molecule has 0 aromatic rings. The largest absolute Gasteiger partial charge is 0.414 e. The van der Waals surface area contributed by atoms with Gasteiger partial charge in [0.15, 0.2) is 8.32 Å². The monoisotopic (exact) mass is 474 g/mol. The van der Waals surface area contributed by atoms with Gasteiger partial charge in [-0.3, -0.25) is 0 Å². The van der Waals surface area contributed by atoms with Crippen molar-refractivity contribution in [3.63, 3.8) is 0 Å². The summed E-state index contributed by atoms with van der Waals surface area (Å²) in [6.07, 6.45) is 13.5. The van der Waals surface area contributed by atoms with Gasteiger partial charge in [0.25, 0.3) is 0 Å². The Labute approximate surface area is 206 Å². The second-order valence-electron chi connectivity index (χ2n) is 14.3. The zero-order valence-corrected chi connectivity index (χ0v) is 24.3. The maximum Gasteiger partial charge on any atom is 0.189 e. The molecule has 4 aliphatic rings. The molecule has 0 heterocycles. The normalized spacial score (nSPS) is 43.0. The molecule has 4 aliphatic carbocycles. The van der Waals surface area contributed by atoms with E-state index in [1.165, 1.54) is 51.4 Å². The number of allylic oxidation sites excluding steroid dienone is 1. The Bertz CT molecular complexity index is 742. The van der Waals surface area contributed by atoms with Gasteiger partial charge in [-0.1, -0.05) is 60.1 Å². The second-order valence-corrected chi connectivity index (χ2v) is 18.9. The van der Waals surface area contributed by atoms with Crippen molar-refractivity contribution in [1.82, 2.24) is 0 Å². The van der Waals surface area contributed by atoms with Crippen molar-refractivity contribution in [2.45, 2.75) is 131 Å². The number of hydrogen-bond donors (Lipinski definition) is 1. The molecule has 0 spiro atoms. The van der Waals surface area contributed by atoms with Crippen molar-refractivity contribution >= 4 is 8.32 Å². The Balaban J connectivity index is 1.51. The summed E-state index contributed by atoms with van der Waals surface area (Å²) < 4.78 is 6.81. The van der Waals surface area contributed by atoms with Gasteiger partial charge >= 0.3 is 0 Å². The Morgan fingerprint density at radius 3 is 2.30 bits per heavy atom. The van der Waals surface area contributed by atoms with Crippen molar-refractivity contribution in [3.05, 3.63) is 11.6 Å². The van der Waals surface area contributed by atoms with Crippen molar-refractivity contribution in [3.8, 4) is 0 Å². The van der Waals surface area contributed by atoms with Gasteiger partial charge in [-0.25, -0.2) is 0 Å². The molecule has 4 rings (SSSR count). The summed E-state index contributed by atoms with van der Waals surface area (Å²) in [5, 5.41) is 10.9. The summed E-state index contributed by atoms with van der Waals surface area (Å²) in [6.45, 7) is 21.5. The van der Waals surface area contributed by atoms with Crippen LogP contribution in [0.3, 0.4) is 0 Å². The van der Waals surface area contributed by atoms with Gasteiger partial charge in [-0.15, -0.1) is 0 Å². The van der Waals surface area contributed by atoms with E-state index in [4.69, 9.17) is 4.43 Å². The van der Waals surface area contributed by atoms with E-state index in [0.717, 1.165) is 17.8 Å². The summed E-state index contributed by atoms with van der Waals surface area (Å²) >= 11 is 0. The van der Waals surface area contributed by atoms with Crippen LogP contribution in [0.25, 0.3) is 0 Å². The van der Waals surface area contributed by atoms with Gasteiger partial charge in [0.05, 0.1) is 6.10 Å². The number of aliphatic hydroxyl groups excluding tert-OH is 1. The van der Waals surface area contributed by atoms with Crippen molar-refractivity contribution < 1.29 is 9.53 Å². The van der Waals surface area contributed by atoms with Crippen LogP contribution < -0.4 is 0 Å². The van der Waals surface area contributed by atoms with Crippen LogP contribution in [0.1, 0.15) is 99.8 Å². The molecule has 3 saturated carbocycles. The van der Waals surface area contributed by atoms with Crippen LogP contribution >= 0.6 is 0 Å². The lowest BCUT2D eigenvalue weighted by Gasteiger charge is -2.59. The molecule has 3 fully saturated rings. The highest BCUT2D eigenvalue weighted by Crippen LogP contribution is 2.67. The minimum absolute atomic E-state index is 0.160. The number of fused-ring (bicyclic) bond motifs is 5. The van der Waals surface area contributed by atoms with Crippen LogP contribution in [0.15, 0.2) is 11.6 Å². The van der Waals surface area contributed by atoms with Crippen LogP contribution in [-0.2, 0) is 4.43 Å². The molecule has 3 heteroatoms. The third-order valence-corrected chi connectivity index (χ3v) is 15.6. The molecule has 0 aliphatic heterocycles. The molecule has 0 bridgehead atoms. The van der Waals surface area contributed by atoms with Crippen LogP contribution in [0.2, 0.25) is 18.6 Å². The quantitative estimate of drug-likeness (QED) is 0.310. The summed E-state index contributed by atoms with van der Waals surface area (Å²) in [4.78, 5) is 0. The van der Waals surface area contributed by atoms with E-state index in [1.54, 1.807) is 5.57 Å². The summed E-state index contributed by atoms with van der Waals surface area (Å²) in [5.41, 5.74) is 3.24. The molecule has 0 aromatic heterocycles. The molecule has 190 valence electrons. The van der Waals surface area contributed by atoms with Gasteiger partial charge < -0.3 is 9.53 Å². The molecule has 1 unspecified atom stereocenters. The van der Waals surface area contributed by atoms with Gasteiger partial charge in [0.1, 0.15) is 0 Å². The molecule has 33 heavy (non-hydrogen) atoms. The molecule has 0 amide bonds. The maximum absolute atomic E-state index is 10.9. The van der Waals surface area contributed by atoms with Crippen LogP contribution in [0.4, 0.5) is 0 Å². The van der Waals surface area contributed by atoms with E-state index in [9.17, 15) is 5.11 Å². The Hall–Kier alpha value is -0.123. The van der Waals surface area contributed by atoms with Crippen LogP contribution in [0.5, 0.6) is 0 Å². The third kappa shape index (κ3) is 4.35. The van der Waals surface area contributed by atoms with Gasteiger partial charge in [0.2, 0.25) is 0 Å². The van der Waals surface area contributed by atoms with Gasteiger partial charge in [-0.2, -0.15) is 0 Å². The Morgan fingerprint density at radius 2 is 1.67 bits per heavy atom. The maximum atomic E-state index is 10.9. The van der Waals surface area contributed by atoms with Gasteiger partial charge in [0, 0.05) is 6.10 Å². The van der Waals surface area contributed by atoms with Crippen molar-refractivity contribution in [2.75, 3.05) is 0 Å². The third-order valence-electron chi connectivity index (χ3n) is 11.8. The molecule has 0 aromatic carbocycles. The average molecular weight is 475 g/mol. The van der Waals surface area contributed by atoms with E-state index in [-0.39, 0.29) is 6.10 Å². The molecule has 0 saturated heterocycles. The zero-order valence-electron chi connectivity index (χ0n) is 23.3. The standard InChI is InChI=1S/C30H54O2Si/c1-19(2)28(31)21(5)25-12-13-26-24-11-10-22-18-23(32-33(8,9)20(3)4)14-16-29(22,6)27(24)15-17-30(25,26)7/h10,19-21,23-28,31H,11-18H2,1-9H3/t21-,23-,24-,25+,26-,27-,28?,29-,30+/m0/s1. The molecule has 1 N–H and O–H groups in total. The topological polar surface area (TPSA) is 29.5 Å². The summed E-state index contributed by atoms with van der Waals surface area (Å²) in [6, 6.07) is 0. The van der Waals surface area contributed by atoms with Crippen LogP contribution in [0, 0.1) is 46.3 Å². The minimum Gasteiger partial charge on any atom is -0.414 e. The fraction of sp³-hybridized carbons (Fsp3) is 0.933. The SMILES string of the molecule is CC(C)C(O)[C@@H](C)[C@H]1CC[C@H]2[C@@H]3CC=C4C[C@@H](O[Si](C)(C)C(C)C)CC[C@]4(C)[C@H]3CC[C@]12C. The Morgan fingerprint density at radius 1 is 0.970 bits per heavy atom. The summed E-state index contributed by atoms with van der Waals surface area (Å²) in [7, 11) is -1.59. The highest BCUT2D eigenvalue weighted by atomic mass is 28.4. The lowest BCUT2D eigenvalue weighted by atomic mass is 9.47. The molecule has 2 nitrogen and oxygen atoms in total. The highest BCUT2D eigenvalue weighted by Gasteiger charge is 2.59. The lowest BCUT2D eigenvalue weighted by molar-refractivity contribution is -0.0709. The Kier molecular flexibility index (Phi) is 7.14. The number of hydrogen-bond acceptors (Lipinski definition) is 2. The minimum atomic E-state index is -1.59. The molecular weight excluding hydrogens is 420 g/mol. The number of rotatable bonds is 6. The van der Waals surface area contributed by atoms with E-state index in [2.05, 4.69) is 67.6 Å². The lowest BCUT2D eigenvalue weighted by Crippen LogP contribution is -2.52. The second kappa shape index (κ2) is 9.07. The molecular formula is C30H54O2Si. The smallest absolute Gasteiger partial charge is 0.189 e. The van der Waals surface area contributed by atoms with E-state index in [0.29, 0.717) is 40.2 Å². The van der Waals surface area contributed by atoms with E-state index >= 15 is 0 Å². The highest BCUT2D eigenvalue weighted by molar-refractivity contribution is 6.72.